The molecule has 3 rings (SSSR count). The molecule has 3 heterocycles. The number of aromatic amines is 1. The molecule has 0 bridgehead atoms. The lowest BCUT2D eigenvalue weighted by Gasteiger charge is -2.21. The van der Waals surface area contributed by atoms with Crippen molar-refractivity contribution in [3.8, 4) is 0 Å². The third-order valence-electron chi connectivity index (χ3n) is 3.72. The van der Waals surface area contributed by atoms with Crippen molar-refractivity contribution in [1.82, 2.24) is 9.88 Å². The molecule has 0 spiro atoms. The summed E-state index contributed by atoms with van der Waals surface area (Å²) in [5.41, 5.74) is 1.25. The lowest BCUT2D eigenvalue weighted by Crippen LogP contribution is -2.34. The van der Waals surface area contributed by atoms with Crippen molar-refractivity contribution in [3.05, 3.63) is 79.8 Å². The van der Waals surface area contributed by atoms with Crippen LogP contribution in [0.1, 0.15) is 32.3 Å². The number of carbonyl (C=O) groups excluding carboxylic acids is 1. The zero-order valence-corrected chi connectivity index (χ0v) is 14.4. The smallest absolute Gasteiger partial charge is 0.261 e. The van der Waals surface area contributed by atoms with E-state index in [1.54, 1.807) is 42.4 Å². The molecule has 124 valence electrons. The molecule has 3 aromatic rings. The summed E-state index contributed by atoms with van der Waals surface area (Å²) in [7, 11) is 0. The fourth-order valence-corrected chi connectivity index (χ4v) is 3.38. The van der Waals surface area contributed by atoms with Crippen molar-refractivity contribution in [2.75, 3.05) is 0 Å². The molecule has 1 N–H and O–H groups in total. The Balaban J connectivity index is 1.95. The van der Waals surface area contributed by atoms with Crippen molar-refractivity contribution in [2.24, 2.45) is 0 Å². The number of hydrogen-bond acceptors (Lipinski definition) is 4. The van der Waals surface area contributed by atoms with E-state index in [1.165, 1.54) is 0 Å². The minimum Gasteiger partial charge on any atom is -0.467 e. The lowest BCUT2D eigenvalue weighted by atomic mass is 10.1. The molecule has 0 unspecified atom stereocenters. The van der Waals surface area contributed by atoms with Crippen LogP contribution in [0.2, 0.25) is 0 Å². The number of furan rings is 1. The third kappa shape index (κ3) is 3.49. The number of carbonyl (C=O) groups is 1. The van der Waals surface area contributed by atoms with Gasteiger partial charge < -0.3 is 14.3 Å². The van der Waals surface area contributed by atoms with Gasteiger partial charge in [-0.2, -0.15) is 0 Å². The Hall–Kier alpha value is -2.60. The lowest BCUT2D eigenvalue weighted by molar-refractivity contribution is 0.0717. The molecule has 0 fully saturated rings. The van der Waals surface area contributed by atoms with E-state index in [0.717, 1.165) is 10.6 Å². The Morgan fingerprint density at radius 2 is 2.08 bits per heavy atom. The van der Waals surface area contributed by atoms with Gasteiger partial charge in [0, 0.05) is 10.6 Å². The predicted octanol–water partition coefficient (Wildman–Crippen LogP) is 3.49. The Morgan fingerprint density at radius 3 is 2.71 bits per heavy atom. The maximum Gasteiger partial charge on any atom is 0.261 e. The molecule has 0 aliphatic heterocycles. The number of pyridine rings is 1. The van der Waals surface area contributed by atoms with Crippen LogP contribution >= 0.6 is 11.3 Å². The van der Waals surface area contributed by atoms with Gasteiger partial charge in [0.05, 0.1) is 19.4 Å². The second-order valence-electron chi connectivity index (χ2n) is 5.66. The topological polar surface area (TPSA) is 66.3 Å². The van der Waals surface area contributed by atoms with E-state index >= 15 is 0 Å². The van der Waals surface area contributed by atoms with Gasteiger partial charge in [0.1, 0.15) is 11.3 Å². The van der Waals surface area contributed by atoms with Crippen LogP contribution in [0.15, 0.2) is 51.2 Å². The first kappa shape index (κ1) is 16.3. The molecule has 0 aliphatic carbocycles. The average molecular weight is 342 g/mol. The molecule has 0 atom stereocenters. The summed E-state index contributed by atoms with van der Waals surface area (Å²) in [5, 5.41) is 1.97. The minimum atomic E-state index is -0.354. The molecule has 0 saturated heterocycles. The van der Waals surface area contributed by atoms with Crippen molar-refractivity contribution < 1.29 is 9.21 Å². The molecule has 6 heteroatoms. The maximum absolute atomic E-state index is 13.0. The number of aromatic nitrogens is 1. The van der Waals surface area contributed by atoms with Crippen molar-refractivity contribution in [3.63, 3.8) is 0 Å². The molecule has 0 aliphatic rings. The quantitative estimate of drug-likeness (QED) is 0.772. The van der Waals surface area contributed by atoms with E-state index in [1.807, 2.05) is 29.6 Å². The van der Waals surface area contributed by atoms with Gasteiger partial charge in [-0.3, -0.25) is 9.59 Å². The van der Waals surface area contributed by atoms with Gasteiger partial charge in [0.2, 0.25) is 0 Å². The molecule has 0 saturated carbocycles. The summed E-state index contributed by atoms with van der Waals surface area (Å²) < 4.78 is 5.37. The number of aryl methyl sites for hydroxylation is 2. The van der Waals surface area contributed by atoms with Crippen molar-refractivity contribution in [1.29, 1.82) is 0 Å². The number of nitrogens with one attached hydrogen (secondary N) is 1. The molecular formula is C18H18N2O3S. The van der Waals surface area contributed by atoms with Gasteiger partial charge in [-0.1, -0.05) is 6.07 Å². The van der Waals surface area contributed by atoms with Crippen LogP contribution in [0.4, 0.5) is 0 Å². The number of amides is 1. The van der Waals surface area contributed by atoms with Gasteiger partial charge in [-0.05, 0) is 49.1 Å². The highest BCUT2D eigenvalue weighted by Crippen LogP contribution is 2.18. The van der Waals surface area contributed by atoms with Crippen LogP contribution in [0.5, 0.6) is 0 Å². The van der Waals surface area contributed by atoms with Gasteiger partial charge in [-0.25, -0.2) is 0 Å². The van der Waals surface area contributed by atoms with E-state index in [4.69, 9.17) is 4.42 Å². The average Bonchev–Trinajstić information content (AvgIpc) is 3.18. The molecule has 0 radical (unpaired) electrons. The first-order valence-corrected chi connectivity index (χ1v) is 8.47. The molecule has 5 nitrogen and oxygen atoms in total. The summed E-state index contributed by atoms with van der Waals surface area (Å²) >= 11 is 1.58. The maximum atomic E-state index is 13.0. The first-order chi connectivity index (χ1) is 11.5. The highest BCUT2D eigenvalue weighted by molar-refractivity contribution is 7.09. The van der Waals surface area contributed by atoms with Crippen LogP contribution in [-0.2, 0) is 13.1 Å². The first-order valence-electron chi connectivity index (χ1n) is 7.59. The van der Waals surface area contributed by atoms with Gasteiger partial charge in [-0.15, -0.1) is 11.3 Å². The fraction of sp³-hybridized carbons (Fsp3) is 0.222. The van der Waals surface area contributed by atoms with Crippen LogP contribution in [0, 0.1) is 13.8 Å². The Kier molecular flexibility index (Phi) is 4.66. The molecule has 24 heavy (non-hydrogen) atoms. The van der Waals surface area contributed by atoms with E-state index in [-0.39, 0.29) is 17.0 Å². The number of thiophene rings is 1. The largest absolute Gasteiger partial charge is 0.467 e. The summed E-state index contributed by atoms with van der Waals surface area (Å²) in [6.45, 7) is 4.33. The number of rotatable bonds is 5. The summed E-state index contributed by atoms with van der Waals surface area (Å²) in [6.07, 6.45) is 1.58. The predicted molar refractivity (Wildman–Crippen MR) is 93.1 cm³/mol. The zero-order valence-electron chi connectivity index (χ0n) is 13.5. The highest BCUT2D eigenvalue weighted by atomic mass is 32.1. The Bertz CT molecular complexity index is 843. The number of hydrogen-bond donors (Lipinski definition) is 1. The summed E-state index contributed by atoms with van der Waals surface area (Å²) in [4.78, 5) is 30.7. The molecule has 0 aromatic carbocycles. The van der Waals surface area contributed by atoms with E-state index < -0.39 is 0 Å². The zero-order chi connectivity index (χ0) is 17.1. The monoisotopic (exact) mass is 342 g/mol. The van der Waals surface area contributed by atoms with Crippen molar-refractivity contribution >= 4 is 17.2 Å². The fourth-order valence-electron chi connectivity index (χ4n) is 2.66. The second kappa shape index (κ2) is 6.88. The summed E-state index contributed by atoms with van der Waals surface area (Å²) in [6, 6.07) is 9.33. The highest BCUT2D eigenvalue weighted by Gasteiger charge is 2.22. The number of nitrogens with zero attached hydrogens (tertiary/aromatic N) is 1. The molecule has 3 aromatic heterocycles. The van der Waals surface area contributed by atoms with Crippen LogP contribution in [0.3, 0.4) is 0 Å². The van der Waals surface area contributed by atoms with Gasteiger partial charge in [0.15, 0.2) is 0 Å². The van der Waals surface area contributed by atoms with E-state index in [2.05, 4.69) is 4.98 Å². The third-order valence-corrected chi connectivity index (χ3v) is 4.58. The van der Waals surface area contributed by atoms with Gasteiger partial charge >= 0.3 is 0 Å². The standard InChI is InChI=1S/C18H18N2O3S/c1-12-9-13(2)19-17(21)16(12)18(22)20(10-14-5-3-7-23-14)11-15-6-4-8-24-15/h3-9H,10-11H2,1-2H3,(H,19,21). The SMILES string of the molecule is Cc1cc(C)c(C(=O)N(Cc2ccco2)Cc2cccs2)c(=O)[nH]1. The Morgan fingerprint density at radius 1 is 1.25 bits per heavy atom. The van der Waals surface area contributed by atoms with E-state index in [0.29, 0.717) is 24.4 Å². The van der Waals surface area contributed by atoms with Crippen LogP contribution in [0.25, 0.3) is 0 Å². The number of H-pyrrole nitrogens is 1. The van der Waals surface area contributed by atoms with Crippen molar-refractivity contribution in [2.45, 2.75) is 26.9 Å². The molecular weight excluding hydrogens is 324 g/mol. The second-order valence-corrected chi connectivity index (χ2v) is 6.69. The summed E-state index contributed by atoms with van der Waals surface area (Å²) in [5.74, 6) is 0.389. The molecule has 1 amide bonds. The van der Waals surface area contributed by atoms with Crippen LogP contribution in [-0.4, -0.2) is 15.8 Å². The van der Waals surface area contributed by atoms with Gasteiger partial charge in [0.25, 0.3) is 11.5 Å². The Labute approximate surface area is 143 Å². The normalized spacial score (nSPS) is 10.8. The minimum absolute atomic E-state index is 0.184. The van der Waals surface area contributed by atoms with Crippen LogP contribution < -0.4 is 5.56 Å². The van der Waals surface area contributed by atoms with E-state index in [9.17, 15) is 9.59 Å².